The molecule has 94 valence electrons. The van der Waals surface area contributed by atoms with E-state index in [9.17, 15) is 5.11 Å². The average Bonchev–Trinajstić information content (AvgIpc) is 2.96. The van der Waals surface area contributed by atoms with E-state index in [4.69, 9.17) is 0 Å². The molecule has 0 saturated heterocycles. The van der Waals surface area contributed by atoms with Gasteiger partial charge in [-0.3, -0.25) is 4.68 Å². The molecule has 0 aliphatic heterocycles. The summed E-state index contributed by atoms with van der Waals surface area (Å²) in [5, 5.41) is 14.4. The highest BCUT2D eigenvalue weighted by molar-refractivity contribution is 5.36. The molecule has 1 aromatic heterocycles. The highest BCUT2D eigenvalue weighted by atomic mass is 16.3. The SMILES string of the molecule is Cn1cc(CC(O)c2ccc3c(c2)CCC3)cn1. The Balaban J connectivity index is 1.78. The van der Waals surface area contributed by atoms with E-state index < -0.39 is 6.10 Å². The van der Waals surface area contributed by atoms with Crippen molar-refractivity contribution in [2.24, 2.45) is 7.05 Å². The highest BCUT2D eigenvalue weighted by Gasteiger charge is 2.15. The first-order valence-corrected chi connectivity index (χ1v) is 6.49. The summed E-state index contributed by atoms with van der Waals surface area (Å²) in [5.74, 6) is 0. The predicted octanol–water partition coefficient (Wildman–Crippen LogP) is 2.18. The third kappa shape index (κ3) is 2.18. The van der Waals surface area contributed by atoms with E-state index in [-0.39, 0.29) is 0 Å². The molecule has 1 unspecified atom stereocenters. The van der Waals surface area contributed by atoms with Gasteiger partial charge < -0.3 is 5.11 Å². The zero-order valence-corrected chi connectivity index (χ0v) is 10.6. The topological polar surface area (TPSA) is 38.0 Å². The van der Waals surface area contributed by atoms with Gasteiger partial charge in [0.15, 0.2) is 0 Å². The van der Waals surface area contributed by atoms with Crippen LogP contribution < -0.4 is 0 Å². The van der Waals surface area contributed by atoms with Crippen molar-refractivity contribution in [1.29, 1.82) is 0 Å². The van der Waals surface area contributed by atoms with Crippen molar-refractivity contribution in [3.05, 3.63) is 52.8 Å². The van der Waals surface area contributed by atoms with Crippen LogP contribution in [-0.4, -0.2) is 14.9 Å². The van der Waals surface area contributed by atoms with Gasteiger partial charge in [0, 0.05) is 19.7 Å². The molecule has 0 fully saturated rings. The molecule has 0 radical (unpaired) electrons. The summed E-state index contributed by atoms with van der Waals surface area (Å²) in [6, 6.07) is 6.40. The Bertz CT molecular complexity index is 559. The van der Waals surface area contributed by atoms with Gasteiger partial charge in [-0.05, 0) is 41.5 Å². The number of hydrogen-bond donors (Lipinski definition) is 1. The van der Waals surface area contributed by atoms with Gasteiger partial charge in [-0.25, -0.2) is 0 Å². The Hall–Kier alpha value is -1.61. The van der Waals surface area contributed by atoms with Crippen LogP contribution in [0.5, 0.6) is 0 Å². The molecule has 0 amide bonds. The second-order valence-electron chi connectivity index (χ2n) is 5.12. The van der Waals surface area contributed by atoms with Gasteiger partial charge in [-0.2, -0.15) is 5.10 Å². The molecule has 3 nitrogen and oxygen atoms in total. The van der Waals surface area contributed by atoms with Crippen LogP contribution in [0.25, 0.3) is 0 Å². The minimum Gasteiger partial charge on any atom is -0.388 e. The number of nitrogens with zero attached hydrogens (tertiary/aromatic N) is 2. The van der Waals surface area contributed by atoms with Crippen molar-refractivity contribution in [2.75, 3.05) is 0 Å². The van der Waals surface area contributed by atoms with E-state index in [1.54, 1.807) is 4.68 Å². The standard InChI is InChI=1S/C15H18N2O/c1-17-10-11(9-16-17)7-15(18)14-6-5-12-3-2-4-13(12)8-14/h5-6,8-10,15,18H,2-4,7H2,1H3. The molecule has 3 rings (SSSR count). The third-order valence-electron chi connectivity index (χ3n) is 3.69. The summed E-state index contributed by atoms with van der Waals surface area (Å²) in [6.07, 6.45) is 7.56. The lowest BCUT2D eigenvalue weighted by atomic mass is 9.99. The fourth-order valence-electron chi connectivity index (χ4n) is 2.72. The van der Waals surface area contributed by atoms with E-state index in [0.29, 0.717) is 6.42 Å². The first-order valence-electron chi connectivity index (χ1n) is 6.49. The summed E-state index contributed by atoms with van der Waals surface area (Å²) >= 11 is 0. The Morgan fingerprint density at radius 2 is 2.17 bits per heavy atom. The van der Waals surface area contributed by atoms with E-state index in [2.05, 4.69) is 23.3 Å². The van der Waals surface area contributed by atoms with E-state index in [1.807, 2.05) is 19.4 Å². The van der Waals surface area contributed by atoms with Gasteiger partial charge in [0.25, 0.3) is 0 Å². The van der Waals surface area contributed by atoms with Crippen molar-refractivity contribution in [2.45, 2.75) is 31.8 Å². The highest BCUT2D eigenvalue weighted by Crippen LogP contribution is 2.26. The van der Waals surface area contributed by atoms with Crippen molar-refractivity contribution < 1.29 is 5.11 Å². The van der Waals surface area contributed by atoms with Crippen LogP contribution in [-0.2, 0) is 26.3 Å². The number of aryl methyl sites for hydroxylation is 3. The average molecular weight is 242 g/mol. The normalized spacial score (nSPS) is 15.7. The van der Waals surface area contributed by atoms with Crippen molar-refractivity contribution in [3.8, 4) is 0 Å². The Labute approximate surface area is 107 Å². The lowest BCUT2D eigenvalue weighted by Gasteiger charge is -2.11. The molecular formula is C15H18N2O. The number of fused-ring (bicyclic) bond motifs is 1. The molecule has 1 aromatic carbocycles. The van der Waals surface area contributed by atoms with E-state index >= 15 is 0 Å². The molecule has 1 heterocycles. The number of benzene rings is 1. The molecule has 18 heavy (non-hydrogen) atoms. The van der Waals surface area contributed by atoms with E-state index in [0.717, 1.165) is 17.5 Å². The summed E-state index contributed by atoms with van der Waals surface area (Å²) < 4.78 is 1.77. The van der Waals surface area contributed by atoms with Crippen LogP contribution in [0.1, 0.15) is 34.8 Å². The molecule has 1 aliphatic carbocycles. The van der Waals surface area contributed by atoms with Gasteiger partial charge in [0.2, 0.25) is 0 Å². The molecule has 0 bridgehead atoms. The number of aliphatic hydroxyl groups is 1. The lowest BCUT2D eigenvalue weighted by molar-refractivity contribution is 0.178. The molecule has 1 N–H and O–H groups in total. The van der Waals surface area contributed by atoms with Crippen LogP contribution in [0.3, 0.4) is 0 Å². The first-order chi connectivity index (χ1) is 8.72. The second kappa shape index (κ2) is 4.58. The Kier molecular flexibility index (Phi) is 2.92. The number of hydrogen-bond acceptors (Lipinski definition) is 2. The second-order valence-corrected chi connectivity index (χ2v) is 5.12. The zero-order valence-electron chi connectivity index (χ0n) is 10.6. The summed E-state index contributed by atoms with van der Waals surface area (Å²) in [4.78, 5) is 0. The Morgan fingerprint density at radius 1 is 1.33 bits per heavy atom. The molecule has 2 aromatic rings. The van der Waals surface area contributed by atoms with Crippen molar-refractivity contribution in [1.82, 2.24) is 9.78 Å². The van der Waals surface area contributed by atoms with Crippen LogP contribution in [0, 0.1) is 0 Å². The lowest BCUT2D eigenvalue weighted by Crippen LogP contribution is -2.02. The first kappa shape index (κ1) is 11.5. The van der Waals surface area contributed by atoms with Crippen LogP contribution in [0.4, 0.5) is 0 Å². The van der Waals surface area contributed by atoms with Gasteiger partial charge in [0.05, 0.1) is 12.3 Å². The van der Waals surface area contributed by atoms with Crippen LogP contribution in [0.2, 0.25) is 0 Å². The summed E-state index contributed by atoms with van der Waals surface area (Å²) in [6.45, 7) is 0. The van der Waals surface area contributed by atoms with Gasteiger partial charge in [-0.15, -0.1) is 0 Å². The third-order valence-corrected chi connectivity index (χ3v) is 3.69. The van der Waals surface area contributed by atoms with Gasteiger partial charge in [0.1, 0.15) is 0 Å². The number of rotatable bonds is 3. The quantitative estimate of drug-likeness (QED) is 0.896. The largest absolute Gasteiger partial charge is 0.388 e. The van der Waals surface area contributed by atoms with Crippen LogP contribution in [0.15, 0.2) is 30.6 Å². The summed E-state index contributed by atoms with van der Waals surface area (Å²) in [7, 11) is 1.89. The van der Waals surface area contributed by atoms with Gasteiger partial charge >= 0.3 is 0 Å². The zero-order chi connectivity index (χ0) is 12.5. The molecule has 0 spiro atoms. The maximum absolute atomic E-state index is 10.3. The summed E-state index contributed by atoms with van der Waals surface area (Å²) in [5.41, 5.74) is 4.97. The maximum atomic E-state index is 10.3. The molecule has 1 aliphatic rings. The van der Waals surface area contributed by atoms with Crippen molar-refractivity contribution >= 4 is 0 Å². The fraction of sp³-hybridized carbons (Fsp3) is 0.400. The molecule has 0 saturated carbocycles. The fourth-order valence-corrected chi connectivity index (χ4v) is 2.72. The van der Waals surface area contributed by atoms with Crippen LogP contribution >= 0.6 is 0 Å². The monoisotopic (exact) mass is 242 g/mol. The minimum absolute atomic E-state index is 0.430. The maximum Gasteiger partial charge on any atom is 0.0831 e. The minimum atomic E-state index is -0.430. The molecular weight excluding hydrogens is 224 g/mol. The molecule has 3 heteroatoms. The number of aliphatic hydroxyl groups excluding tert-OH is 1. The number of aromatic nitrogens is 2. The van der Waals surface area contributed by atoms with Crippen molar-refractivity contribution in [3.63, 3.8) is 0 Å². The van der Waals surface area contributed by atoms with Gasteiger partial charge in [-0.1, -0.05) is 18.2 Å². The predicted molar refractivity (Wildman–Crippen MR) is 70.3 cm³/mol. The Morgan fingerprint density at radius 3 is 2.94 bits per heavy atom. The molecule has 1 atom stereocenters. The van der Waals surface area contributed by atoms with E-state index in [1.165, 1.54) is 24.0 Å². The smallest absolute Gasteiger partial charge is 0.0831 e.